The third kappa shape index (κ3) is 4.91. The fourth-order valence-corrected chi connectivity index (χ4v) is 2.52. The Labute approximate surface area is 124 Å². The molecule has 1 aromatic heterocycles. The number of hydrogen-bond acceptors (Lipinski definition) is 3. The van der Waals surface area contributed by atoms with Crippen molar-refractivity contribution in [3.8, 4) is 0 Å². The van der Waals surface area contributed by atoms with Crippen molar-refractivity contribution in [1.29, 1.82) is 0 Å². The molecule has 1 aromatic rings. The van der Waals surface area contributed by atoms with Crippen molar-refractivity contribution < 1.29 is 0 Å². The maximum atomic E-state index is 4.62. The molecule has 0 saturated heterocycles. The first-order valence-corrected chi connectivity index (χ1v) is 7.76. The molecular weight excluding hydrogens is 248 g/mol. The van der Waals surface area contributed by atoms with Gasteiger partial charge >= 0.3 is 0 Å². The number of aromatic nitrogens is 2. The predicted molar refractivity (Wildman–Crippen MR) is 86.0 cm³/mol. The van der Waals surface area contributed by atoms with Crippen LogP contribution in [0.5, 0.6) is 0 Å². The smallest absolute Gasteiger partial charge is 0.0722 e. The molecule has 116 valence electrons. The van der Waals surface area contributed by atoms with Crippen LogP contribution in [0.3, 0.4) is 0 Å². The quantitative estimate of drug-likeness (QED) is 0.833. The zero-order chi connectivity index (χ0) is 15.3. The van der Waals surface area contributed by atoms with Crippen molar-refractivity contribution in [1.82, 2.24) is 20.0 Å². The summed E-state index contributed by atoms with van der Waals surface area (Å²) in [6.07, 6.45) is 2.14. The van der Waals surface area contributed by atoms with Gasteiger partial charge in [-0.2, -0.15) is 5.10 Å². The van der Waals surface area contributed by atoms with Crippen molar-refractivity contribution in [2.75, 3.05) is 19.6 Å². The lowest BCUT2D eigenvalue weighted by atomic mass is 9.89. The second-order valence-corrected chi connectivity index (χ2v) is 6.69. The largest absolute Gasteiger partial charge is 0.309 e. The van der Waals surface area contributed by atoms with Gasteiger partial charge in [0.05, 0.1) is 5.69 Å². The van der Waals surface area contributed by atoms with E-state index in [1.165, 1.54) is 11.3 Å². The van der Waals surface area contributed by atoms with Crippen LogP contribution >= 0.6 is 0 Å². The number of aryl methyl sites for hydroxylation is 1. The van der Waals surface area contributed by atoms with Crippen LogP contribution in [0.15, 0.2) is 6.20 Å². The second kappa shape index (κ2) is 7.23. The Kier molecular flexibility index (Phi) is 6.21. The van der Waals surface area contributed by atoms with E-state index in [-0.39, 0.29) is 5.41 Å². The van der Waals surface area contributed by atoms with Crippen LogP contribution in [0.25, 0.3) is 0 Å². The van der Waals surface area contributed by atoms with Crippen molar-refractivity contribution in [2.24, 2.45) is 7.05 Å². The predicted octanol–water partition coefficient (Wildman–Crippen LogP) is 2.54. The Balaban J connectivity index is 2.62. The lowest BCUT2D eigenvalue weighted by Crippen LogP contribution is -2.39. The maximum absolute atomic E-state index is 4.62. The minimum absolute atomic E-state index is 0.0976. The topological polar surface area (TPSA) is 33.1 Å². The zero-order valence-electron chi connectivity index (χ0n) is 14.3. The van der Waals surface area contributed by atoms with Gasteiger partial charge in [-0.15, -0.1) is 0 Å². The molecular formula is C16H32N4. The molecule has 0 aromatic carbocycles. The van der Waals surface area contributed by atoms with Crippen molar-refractivity contribution in [3.05, 3.63) is 17.5 Å². The van der Waals surface area contributed by atoms with Crippen LogP contribution in [0.4, 0.5) is 0 Å². The highest BCUT2D eigenvalue weighted by molar-refractivity contribution is 5.23. The summed E-state index contributed by atoms with van der Waals surface area (Å²) in [5.41, 5.74) is 2.61. The Morgan fingerprint density at radius 3 is 2.40 bits per heavy atom. The van der Waals surface area contributed by atoms with Crippen LogP contribution < -0.4 is 5.32 Å². The Morgan fingerprint density at radius 1 is 1.30 bits per heavy atom. The molecule has 0 fully saturated rings. The summed E-state index contributed by atoms with van der Waals surface area (Å²) in [6, 6.07) is 0.489. The van der Waals surface area contributed by atoms with Gasteiger partial charge in [-0.3, -0.25) is 4.68 Å². The molecule has 0 aliphatic rings. The SMILES string of the molecule is CCN(CC)CC(C)NCc1cn(C)nc1C(C)(C)C. The number of nitrogens with one attached hydrogen (secondary N) is 1. The summed E-state index contributed by atoms with van der Waals surface area (Å²) in [6.45, 7) is 17.6. The lowest BCUT2D eigenvalue weighted by Gasteiger charge is -2.24. The molecule has 0 bridgehead atoms. The van der Waals surface area contributed by atoms with Gasteiger partial charge in [0.25, 0.3) is 0 Å². The van der Waals surface area contributed by atoms with Gasteiger partial charge in [0.15, 0.2) is 0 Å². The molecule has 4 heteroatoms. The van der Waals surface area contributed by atoms with E-state index in [1.807, 2.05) is 11.7 Å². The van der Waals surface area contributed by atoms with Gasteiger partial charge in [-0.25, -0.2) is 0 Å². The number of nitrogens with zero attached hydrogens (tertiary/aromatic N) is 3. The van der Waals surface area contributed by atoms with E-state index in [9.17, 15) is 0 Å². The van der Waals surface area contributed by atoms with Crippen LogP contribution in [-0.2, 0) is 19.0 Å². The van der Waals surface area contributed by atoms with E-state index < -0.39 is 0 Å². The van der Waals surface area contributed by atoms with E-state index in [4.69, 9.17) is 0 Å². The molecule has 0 radical (unpaired) electrons. The van der Waals surface area contributed by atoms with Gasteiger partial charge in [0.1, 0.15) is 0 Å². The Morgan fingerprint density at radius 2 is 1.90 bits per heavy atom. The average molecular weight is 280 g/mol. The lowest BCUT2D eigenvalue weighted by molar-refractivity contribution is 0.270. The molecule has 0 amide bonds. The van der Waals surface area contributed by atoms with E-state index in [0.717, 1.165) is 26.2 Å². The van der Waals surface area contributed by atoms with Crippen molar-refractivity contribution in [2.45, 2.75) is 59.5 Å². The average Bonchev–Trinajstić information content (AvgIpc) is 2.74. The van der Waals surface area contributed by atoms with Crippen LogP contribution in [0.1, 0.15) is 52.8 Å². The third-order valence-corrected chi connectivity index (χ3v) is 3.68. The second-order valence-electron chi connectivity index (χ2n) is 6.69. The standard InChI is InChI=1S/C16H32N4/c1-8-20(9-2)11-13(3)17-10-14-12-19(7)18-15(14)16(4,5)6/h12-13,17H,8-11H2,1-7H3. The summed E-state index contributed by atoms with van der Waals surface area (Å²) < 4.78 is 1.92. The fraction of sp³-hybridized carbons (Fsp3) is 0.812. The van der Waals surface area contributed by atoms with Crippen LogP contribution in [0, 0.1) is 0 Å². The maximum Gasteiger partial charge on any atom is 0.0722 e. The minimum Gasteiger partial charge on any atom is -0.309 e. The summed E-state index contributed by atoms with van der Waals surface area (Å²) in [7, 11) is 2.00. The van der Waals surface area contributed by atoms with Crippen LogP contribution in [0.2, 0.25) is 0 Å². The number of likely N-dealkylation sites (N-methyl/N-ethyl adjacent to an activating group) is 1. The highest BCUT2D eigenvalue weighted by Gasteiger charge is 2.21. The van der Waals surface area contributed by atoms with E-state index in [2.05, 4.69) is 63.1 Å². The molecule has 0 saturated carbocycles. The van der Waals surface area contributed by atoms with E-state index >= 15 is 0 Å². The van der Waals surface area contributed by atoms with Gasteiger partial charge in [0, 0.05) is 43.4 Å². The molecule has 1 heterocycles. The van der Waals surface area contributed by atoms with E-state index in [0.29, 0.717) is 6.04 Å². The normalized spacial score (nSPS) is 14.0. The zero-order valence-corrected chi connectivity index (χ0v) is 14.3. The molecule has 4 nitrogen and oxygen atoms in total. The summed E-state index contributed by atoms with van der Waals surface area (Å²) in [4.78, 5) is 2.45. The molecule has 0 aliphatic heterocycles. The summed E-state index contributed by atoms with van der Waals surface area (Å²) in [5, 5.41) is 8.25. The molecule has 1 N–H and O–H groups in total. The summed E-state index contributed by atoms with van der Waals surface area (Å²) in [5.74, 6) is 0. The van der Waals surface area contributed by atoms with Crippen LogP contribution in [-0.4, -0.2) is 40.4 Å². The Bertz CT molecular complexity index is 399. The molecule has 0 spiro atoms. The highest BCUT2D eigenvalue weighted by atomic mass is 15.3. The first-order valence-electron chi connectivity index (χ1n) is 7.76. The molecule has 20 heavy (non-hydrogen) atoms. The van der Waals surface area contributed by atoms with Gasteiger partial charge < -0.3 is 10.2 Å². The van der Waals surface area contributed by atoms with Gasteiger partial charge in [0.2, 0.25) is 0 Å². The molecule has 1 rings (SSSR count). The first-order chi connectivity index (χ1) is 9.27. The minimum atomic E-state index is 0.0976. The molecule has 1 atom stereocenters. The Hall–Kier alpha value is -0.870. The highest BCUT2D eigenvalue weighted by Crippen LogP contribution is 2.24. The molecule has 1 unspecified atom stereocenters. The summed E-state index contributed by atoms with van der Waals surface area (Å²) >= 11 is 0. The number of rotatable bonds is 7. The fourth-order valence-electron chi connectivity index (χ4n) is 2.52. The van der Waals surface area contributed by atoms with Gasteiger partial charge in [-0.1, -0.05) is 34.6 Å². The first kappa shape index (κ1) is 17.2. The monoisotopic (exact) mass is 280 g/mol. The van der Waals surface area contributed by atoms with Crippen molar-refractivity contribution >= 4 is 0 Å². The third-order valence-electron chi connectivity index (χ3n) is 3.68. The molecule has 0 aliphatic carbocycles. The van der Waals surface area contributed by atoms with Crippen molar-refractivity contribution in [3.63, 3.8) is 0 Å². The van der Waals surface area contributed by atoms with Gasteiger partial charge in [-0.05, 0) is 20.0 Å². The van der Waals surface area contributed by atoms with E-state index in [1.54, 1.807) is 0 Å². The number of hydrogen-bond donors (Lipinski definition) is 1.